The first kappa shape index (κ1) is 11.7. The Morgan fingerprint density at radius 1 is 1.18 bits per heavy atom. The number of anilines is 1. The van der Waals surface area contributed by atoms with Gasteiger partial charge in [-0.05, 0) is 24.5 Å². The monoisotopic (exact) mass is 233 g/mol. The molecule has 0 aliphatic carbocycles. The van der Waals surface area contributed by atoms with E-state index in [0.717, 1.165) is 18.4 Å². The van der Waals surface area contributed by atoms with Gasteiger partial charge in [0.1, 0.15) is 5.82 Å². The molecule has 1 fully saturated rings. The lowest BCUT2D eigenvalue weighted by atomic mass is 10.2. The Kier molecular flexibility index (Phi) is 3.49. The fraction of sp³-hybridized carbons (Fsp3) is 0.417. The van der Waals surface area contributed by atoms with E-state index in [1.54, 1.807) is 18.3 Å². The molecule has 0 aromatic carbocycles. The van der Waals surface area contributed by atoms with Gasteiger partial charge in [0.2, 0.25) is 11.8 Å². The molecule has 90 valence electrons. The Morgan fingerprint density at radius 3 is 2.29 bits per heavy atom. The molecule has 2 amide bonds. The molecule has 0 unspecified atom stereocenters. The maximum absolute atomic E-state index is 11.8. The van der Waals surface area contributed by atoms with Gasteiger partial charge in [0.15, 0.2) is 0 Å². The van der Waals surface area contributed by atoms with E-state index in [1.807, 2.05) is 0 Å². The number of imide groups is 1. The summed E-state index contributed by atoms with van der Waals surface area (Å²) in [6, 6.07) is 3.46. The Labute approximate surface area is 99.6 Å². The molecular formula is C12H15N3O2. The van der Waals surface area contributed by atoms with E-state index in [0.29, 0.717) is 25.2 Å². The number of hydrogen-bond donors (Lipinski definition) is 1. The van der Waals surface area contributed by atoms with Crippen LogP contribution in [0, 0.1) is 0 Å². The van der Waals surface area contributed by atoms with E-state index in [9.17, 15) is 9.59 Å². The van der Waals surface area contributed by atoms with Crippen molar-refractivity contribution >= 4 is 17.6 Å². The predicted molar refractivity (Wildman–Crippen MR) is 63.1 cm³/mol. The third-order valence-electron chi connectivity index (χ3n) is 2.80. The molecule has 1 aromatic rings. The molecule has 2 rings (SSSR count). The summed E-state index contributed by atoms with van der Waals surface area (Å²) < 4.78 is 0. The first-order valence-corrected chi connectivity index (χ1v) is 5.73. The van der Waals surface area contributed by atoms with E-state index in [-0.39, 0.29) is 11.8 Å². The Balaban J connectivity index is 2.28. The van der Waals surface area contributed by atoms with Crippen LogP contribution in [0.2, 0.25) is 0 Å². The number of nitrogens with two attached hydrogens (primary N) is 1. The van der Waals surface area contributed by atoms with Crippen LogP contribution in [0.3, 0.4) is 0 Å². The first-order valence-electron chi connectivity index (χ1n) is 5.73. The van der Waals surface area contributed by atoms with E-state index in [2.05, 4.69) is 4.98 Å². The molecular weight excluding hydrogens is 218 g/mol. The third-order valence-corrected chi connectivity index (χ3v) is 2.80. The van der Waals surface area contributed by atoms with E-state index in [1.165, 1.54) is 4.90 Å². The third kappa shape index (κ3) is 2.50. The maximum Gasteiger partial charge on any atom is 0.234 e. The first-order chi connectivity index (χ1) is 8.22. The Morgan fingerprint density at radius 2 is 1.82 bits per heavy atom. The molecule has 1 aliphatic rings. The molecule has 17 heavy (non-hydrogen) atoms. The van der Waals surface area contributed by atoms with Gasteiger partial charge in [0, 0.05) is 25.6 Å². The molecule has 1 aromatic heterocycles. The van der Waals surface area contributed by atoms with E-state index < -0.39 is 0 Å². The Bertz CT molecular complexity index is 410. The van der Waals surface area contributed by atoms with Crippen molar-refractivity contribution in [3.8, 4) is 0 Å². The van der Waals surface area contributed by atoms with Gasteiger partial charge in [-0.25, -0.2) is 9.88 Å². The van der Waals surface area contributed by atoms with Crippen LogP contribution in [0.4, 0.5) is 5.82 Å². The van der Waals surface area contributed by atoms with Crippen LogP contribution in [0.5, 0.6) is 0 Å². The largest absolute Gasteiger partial charge is 0.326 e. The van der Waals surface area contributed by atoms with Gasteiger partial charge in [-0.2, -0.15) is 0 Å². The molecule has 2 heterocycles. The summed E-state index contributed by atoms with van der Waals surface area (Å²) in [5, 5.41) is 0. The minimum atomic E-state index is -0.166. The zero-order valence-corrected chi connectivity index (χ0v) is 9.56. The molecule has 5 nitrogen and oxygen atoms in total. The summed E-state index contributed by atoms with van der Waals surface area (Å²) in [6.45, 7) is 0.398. The van der Waals surface area contributed by atoms with Crippen molar-refractivity contribution in [3.05, 3.63) is 23.9 Å². The van der Waals surface area contributed by atoms with Crippen molar-refractivity contribution in [2.75, 3.05) is 4.90 Å². The number of rotatable bonds is 2. The lowest BCUT2D eigenvalue weighted by Crippen LogP contribution is -2.35. The molecule has 2 N–H and O–H groups in total. The summed E-state index contributed by atoms with van der Waals surface area (Å²) in [5.41, 5.74) is 6.35. The summed E-state index contributed by atoms with van der Waals surface area (Å²) in [4.78, 5) is 28.9. The van der Waals surface area contributed by atoms with Crippen LogP contribution in [-0.2, 0) is 16.1 Å². The lowest BCUT2D eigenvalue weighted by Gasteiger charge is -2.17. The number of carbonyl (C=O) groups is 2. The van der Waals surface area contributed by atoms with Gasteiger partial charge in [-0.3, -0.25) is 9.59 Å². The topological polar surface area (TPSA) is 76.3 Å². The second-order valence-electron chi connectivity index (χ2n) is 4.06. The Hall–Kier alpha value is -1.75. The highest BCUT2D eigenvalue weighted by molar-refractivity contribution is 6.14. The van der Waals surface area contributed by atoms with Gasteiger partial charge in [-0.15, -0.1) is 0 Å². The van der Waals surface area contributed by atoms with Gasteiger partial charge in [-0.1, -0.05) is 6.07 Å². The van der Waals surface area contributed by atoms with Crippen molar-refractivity contribution in [3.63, 3.8) is 0 Å². The fourth-order valence-corrected chi connectivity index (χ4v) is 1.84. The number of amides is 2. The molecule has 0 bridgehead atoms. The summed E-state index contributed by atoms with van der Waals surface area (Å²) >= 11 is 0. The van der Waals surface area contributed by atoms with Crippen LogP contribution < -0.4 is 10.6 Å². The lowest BCUT2D eigenvalue weighted by molar-refractivity contribution is -0.125. The van der Waals surface area contributed by atoms with Crippen molar-refractivity contribution in [2.24, 2.45) is 5.73 Å². The SMILES string of the molecule is NCc1ccc(N2C(=O)CCCCC2=O)nc1. The van der Waals surface area contributed by atoms with Crippen molar-refractivity contribution in [1.29, 1.82) is 0 Å². The van der Waals surface area contributed by atoms with Crippen LogP contribution in [0.25, 0.3) is 0 Å². The van der Waals surface area contributed by atoms with Crippen molar-refractivity contribution in [2.45, 2.75) is 32.2 Å². The minimum absolute atomic E-state index is 0.166. The number of aromatic nitrogens is 1. The highest BCUT2D eigenvalue weighted by atomic mass is 16.2. The molecule has 1 aliphatic heterocycles. The molecule has 0 saturated carbocycles. The van der Waals surface area contributed by atoms with Gasteiger partial charge >= 0.3 is 0 Å². The van der Waals surface area contributed by atoms with Crippen LogP contribution in [-0.4, -0.2) is 16.8 Å². The quantitative estimate of drug-likeness (QED) is 0.772. The van der Waals surface area contributed by atoms with Crippen LogP contribution >= 0.6 is 0 Å². The summed E-state index contributed by atoms with van der Waals surface area (Å²) in [7, 11) is 0. The van der Waals surface area contributed by atoms with Crippen LogP contribution in [0.1, 0.15) is 31.2 Å². The van der Waals surface area contributed by atoms with Gasteiger partial charge < -0.3 is 5.73 Å². The van der Waals surface area contributed by atoms with E-state index in [4.69, 9.17) is 5.73 Å². The molecule has 5 heteroatoms. The molecule has 0 radical (unpaired) electrons. The minimum Gasteiger partial charge on any atom is -0.326 e. The zero-order valence-electron chi connectivity index (χ0n) is 9.56. The predicted octanol–water partition coefficient (Wildman–Crippen LogP) is 0.974. The van der Waals surface area contributed by atoms with E-state index >= 15 is 0 Å². The smallest absolute Gasteiger partial charge is 0.234 e. The maximum atomic E-state index is 11.8. The zero-order chi connectivity index (χ0) is 12.3. The van der Waals surface area contributed by atoms with Crippen LogP contribution in [0.15, 0.2) is 18.3 Å². The second-order valence-corrected chi connectivity index (χ2v) is 4.06. The number of pyridine rings is 1. The number of hydrogen-bond acceptors (Lipinski definition) is 4. The standard InChI is InChI=1S/C12H15N3O2/c13-7-9-5-6-10(14-8-9)15-11(16)3-1-2-4-12(15)17/h5-6,8H,1-4,7,13H2. The number of nitrogens with zero attached hydrogens (tertiary/aromatic N) is 2. The number of carbonyl (C=O) groups excluding carboxylic acids is 2. The summed E-state index contributed by atoms with van der Waals surface area (Å²) in [5.74, 6) is 0.0695. The molecule has 0 spiro atoms. The highest BCUT2D eigenvalue weighted by Gasteiger charge is 2.26. The average molecular weight is 233 g/mol. The van der Waals surface area contributed by atoms with Gasteiger partial charge in [0.05, 0.1) is 0 Å². The highest BCUT2D eigenvalue weighted by Crippen LogP contribution is 2.19. The van der Waals surface area contributed by atoms with Crippen molar-refractivity contribution < 1.29 is 9.59 Å². The average Bonchev–Trinajstić information content (AvgIpc) is 2.51. The van der Waals surface area contributed by atoms with Crippen molar-refractivity contribution in [1.82, 2.24) is 4.98 Å². The summed E-state index contributed by atoms with van der Waals surface area (Å²) in [6.07, 6.45) is 3.95. The second kappa shape index (κ2) is 5.05. The normalized spacial score (nSPS) is 17.1. The fourth-order valence-electron chi connectivity index (χ4n) is 1.84. The molecule has 0 atom stereocenters. The van der Waals surface area contributed by atoms with Gasteiger partial charge in [0.25, 0.3) is 0 Å². The molecule has 1 saturated heterocycles.